The molecule has 2 heterocycles. The molecule has 1 saturated heterocycles. The minimum Gasteiger partial charge on any atom is -0.478 e. The quantitative estimate of drug-likeness (QED) is 0.830. The molecule has 0 unspecified atom stereocenters. The van der Waals surface area contributed by atoms with Crippen LogP contribution in [0, 0.1) is 11.8 Å². The number of ether oxygens (including phenoxy) is 1. The molecule has 0 aromatic carbocycles. The number of amides is 1. The summed E-state index contributed by atoms with van der Waals surface area (Å²) in [5, 5.41) is 13.2. The fraction of sp³-hybridized carbons (Fsp3) is 0.429. The second-order valence-electron chi connectivity index (χ2n) is 5.13. The predicted octanol–water partition coefficient (Wildman–Crippen LogP) is 1.77. The maximum absolute atomic E-state index is 12.0. The van der Waals surface area contributed by atoms with E-state index < -0.39 is 5.97 Å². The summed E-state index contributed by atoms with van der Waals surface area (Å²) < 4.78 is 5.57. The highest BCUT2D eigenvalue weighted by Gasteiger charge is 2.33. The van der Waals surface area contributed by atoms with E-state index in [4.69, 9.17) is 9.84 Å². The Balaban J connectivity index is 1.57. The lowest BCUT2D eigenvalue weighted by Crippen LogP contribution is -2.32. The van der Waals surface area contributed by atoms with Crippen molar-refractivity contribution >= 4 is 23.2 Å². The summed E-state index contributed by atoms with van der Waals surface area (Å²) in [6.45, 7) is 1.32. The third kappa shape index (κ3) is 2.62. The summed E-state index contributed by atoms with van der Waals surface area (Å²) in [6.07, 6.45) is 5.46. The Morgan fingerprint density at radius 3 is 3.05 bits per heavy atom. The van der Waals surface area contributed by atoms with Crippen LogP contribution < -0.4 is 5.32 Å². The summed E-state index contributed by atoms with van der Waals surface area (Å²) in [4.78, 5) is 23.2. The van der Waals surface area contributed by atoms with Gasteiger partial charge in [0.2, 0.25) is 0 Å². The number of hydrogen-bond donors (Lipinski definition) is 2. The number of carbonyl (C=O) groups is 2. The average molecular weight is 293 g/mol. The third-order valence-corrected chi connectivity index (χ3v) is 4.74. The van der Waals surface area contributed by atoms with E-state index >= 15 is 0 Å². The Morgan fingerprint density at radius 2 is 2.30 bits per heavy atom. The lowest BCUT2D eigenvalue weighted by molar-refractivity contribution is 0.0697. The Morgan fingerprint density at radius 1 is 1.45 bits per heavy atom. The molecule has 2 bridgehead atoms. The van der Waals surface area contributed by atoms with Gasteiger partial charge in [0.15, 0.2) is 0 Å². The largest absolute Gasteiger partial charge is 0.478 e. The maximum Gasteiger partial charge on any atom is 0.336 e. The van der Waals surface area contributed by atoms with Crippen LogP contribution >= 0.6 is 11.3 Å². The molecule has 0 radical (unpaired) electrons. The number of nitrogens with one attached hydrogen (secondary N) is 1. The van der Waals surface area contributed by atoms with Crippen molar-refractivity contribution in [3.63, 3.8) is 0 Å². The first-order valence-corrected chi connectivity index (χ1v) is 7.41. The molecule has 20 heavy (non-hydrogen) atoms. The number of hydrogen-bond acceptors (Lipinski definition) is 4. The van der Waals surface area contributed by atoms with Crippen molar-refractivity contribution in [1.29, 1.82) is 0 Å². The summed E-state index contributed by atoms with van der Waals surface area (Å²) in [6, 6.07) is 1.41. The summed E-state index contributed by atoms with van der Waals surface area (Å²) in [5.74, 6) is -0.443. The van der Waals surface area contributed by atoms with Gasteiger partial charge < -0.3 is 15.2 Å². The average Bonchev–Trinajstić information content (AvgIpc) is 3.05. The standard InChI is InChI=1S/C14H15NO4S/c16-13(12-4-10(7-20-12)14(17)18)15-5-8-1-2-11-3-9(8)6-19-11/h1-2,4,7-9,11H,3,5-6H2,(H,15,16)(H,17,18)/t8-,9+,11-/m0/s1. The topological polar surface area (TPSA) is 75.6 Å². The number of carbonyl (C=O) groups excluding carboxylic acids is 1. The van der Waals surface area contributed by atoms with Crippen molar-refractivity contribution in [2.24, 2.45) is 11.8 Å². The first-order chi connectivity index (χ1) is 9.63. The number of fused-ring (bicyclic) bond motifs is 2. The van der Waals surface area contributed by atoms with Crippen LogP contribution in [0.4, 0.5) is 0 Å². The minimum atomic E-state index is -1.01. The molecule has 3 atom stereocenters. The van der Waals surface area contributed by atoms with Crippen LogP contribution in [-0.2, 0) is 4.74 Å². The molecule has 106 valence electrons. The van der Waals surface area contributed by atoms with Crippen molar-refractivity contribution in [3.8, 4) is 0 Å². The molecular weight excluding hydrogens is 278 g/mol. The van der Waals surface area contributed by atoms with E-state index in [1.165, 1.54) is 11.4 Å². The molecule has 3 rings (SSSR count). The Bertz CT molecular complexity index is 565. The lowest BCUT2D eigenvalue weighted by Gasteiger charge is -2.22. The van der Waals surface area contributed by atoms with E-state index in [-0.39, 0.29) is 17.6 Å². The molecule has 1 aromatic rings. The zero-order valence-electron chi connectivity index (χ0n) is 10.7. The van der Waals surface area contributed by atoms with Gasteiger partial charge in [-0.25, -0.2) is 4.79 Å². The van der Waals surface area contributed by atoms with E-state index in [9.17, 15) is 9.59 Å². The molecular formula is C14H15NO4S. The molecule has 1 fully saturated rings. The van der Waals surface area contributed by atoms with Crippen LogP contribution in [0.2, 0.25) is 0 Å². The number of aromatic carboxylic acids is 1. The normalized spacial score (nSPS) is 27.5. The van der Waals surface area contributed by atoms with Crippen LogP contribution in [0.5, 0.6) is 0 Å². The van der Waals surface area contributed by atoms with E-state index in [2.05, 4.69) is 17.5 Å². The third-order valence-electron chi connectivity index (χ3n) is 3.81. The highest BCUT2D eigenvalue weighted by Crippen LogP contribution is 2.32. The first kappa shape index (κ1) is 13.3. The minimum absolute atomic E-state index is 0.157. The Hall–Kier alpha value is -1.66. The Labute approximate surface area is 120 Å². The smallest absolute Gasteiger partial charge is 0.336 e. The molecule has 1 amide bonds. The van der Waals surface area contributed by atoms with E-state index in [0.717, 1.165) is 24.4 Å². The summed E-state index contributed by atoms with van der Waals surface area (Å²) in [5.41, 5.74) is 0.157. The van der Waals surface area contributed by atoms with Gasteiger partial charge in [-0.3, -0.25) is 4.79 Å². The molecule has 1 aliphatic heterocycles. The van der Waals surface area contributed by atoms with Crippen molar-refractivity contribution in [2.45, 2.75) is 12.5 Å². The van der Waals surface area contributed by atoms with E-state index in [1.807, 2.05) is 0 Å². The molecule has 1 aromatic heterocycles. The zero-order chi connectivity index (χ0) is 14.1. The number of thiophene rings is 1. The second-order valence-corrected chi connectivity index (χ2v) is 6.04. The van der Waals surface area contributed by atoms with Gasteiger partial charge >= 0.3 is 5.97 Å². The van der Waals surface area contributed by atoms with Crippen molar-refractivity contribution in [2.75, 3.05) is 13.2 Å². The van der Waals surface area contributed by atoms with Gasteiger partial charge in [0.25, 0.3) is 5.91 Å². The van der Waals surface area contributed by atoms with Crippen molar-refractivity contribution in [3.05, 3.63) is 34.0 Å². The molecule has 0 saturated carbocycles. The molecule has 1 aliphatic carbocycles. The SMILES string of the molecule is O=C(O)c1csc(C(=O)NC[C@@H]2C=C[C@H]3C[C@@H]2CO3)c1. The van der Waals surface area contributed by atoms with Gasteiger partial charge in [0.05, 0.1) is 23.2 Å². The van der Waals surface area contributed by atoms with E-state index in [0.29, 0.717) is 23.3 Å². The van der Waals surface area contributed by atoms with Gasteiger partial charge in [-0.1, -0.05) is 12.2 Å². The van der Waals surface area contributed by atoms with Crippen molar-refractivity contribution < 1.29 is 19.4 Å². The molecule has 2 aliphatic rings. The number of rotatable bonds is 4. The Kier molecular flexibility index (Phi) is 3.58. The highest BCUT2D eigenvalue weighted by molar-refractivity contribution is 7.12. The molecule has 6 heteroatoms. The van der Waals surface area contributed by atoms with Gasteiger partial charge in [0, 0.05) is 11.9 Å². The van der Waals surface area contributed by atoms with Crippen molar-refractivity contribution in [1.82, 2.24) is 5.32 Å². The predicted molar refractivity (Wildman–Crippen MR) is 74.1 cm³/mol. The molecule has 0 spiro atoms. The van der Waals surface area contributed by atoms with Crippen LogP contribution in [-0.4, -0.2) is 36.2 Å². The van der Waals surface area contributed by atoms with E-state index in [1.54, 1.807) is 0 Å². The molecule has 2 N–H and O–H groups in total. The number of carboxylic acid groups (broad SMARTS) is 1. The monoisotopic (exact) mass is 293 g/mol. The first-order valence-electron chi connectivity index (χ1n) is 6.53. The summed E-state index contributed by atoms with van der Waals surface area (Å²) in [7, 11) is 0. The van der Waals surface area contributed by atoms with Gasteiger partial charge in [-0.05, 0) is 24.3 Å². The van der Waals surface area contributed by atoms with Crippen LogP contribution in [0.1, 0.15) is 26.5 Å². The van der Waals surface area contributed by atoms with Gasteiger partial charge in [-0.2, -0.15) is 0 Å². The van der Waals surface area contributed by atoms with Crippen LogP contribution in [0.3, 0.4) is 0 Å². The fourth-order valence-electron chi connectivity index (χ4n) is 2.64. The zero-order valence-corrected chi connectivity index (χ0v) is 11.6. The van der Waals surface area contributed by atoms with Crippen LogP contribution in [0.25, 0.3) is 0 Å². The molecule has 5 nitrogen and oxygen atoms in total. The lowest BCUT2D eigenvalue weighted by atomic mass is 9.85. The van der Waals surface area contributed by atoms with Gasteiger partial charge in [-0.15, -0.1) is 11.3 Å². The summed E-state index contributed by atoms with van der Waals surface area (Å²) >= 11 is 1.15. The number of carboxylic acids is 1. The highest BCUT2D eigenvalue weighted by atomic mass is 32.1. The fourth-order valence-corrected chi connectivity index (χ4v) is 3.43. The second kappa shape index (κ2) is 5.38. The van der Waals surface area contributed by atoms with Gasteiger partial charge in [0.1, 0.15) is 0 Å². The van der Waals surface area contributed by atoms with Crippen LogP contribution in [0.15, 0.2) is 23.6 Å². The maximum atomic E-state index is 12.0.